The molecule has 0 aliphatic carbocycles. The molecule has 0 bridgehead atoms. The van der Waals surface area contributed by atoms with E-state index in [9.17, 15) is 13.6 Å². The van der Waals surface area contributed by atoms with Crippen molar-refractivity contribution >= 4 is 16.9 Å². The summed E-state index contributed by atoms with van der Waals surface area (Å²) in [5.41, 5.74) is 2.93. The summed E-state index contributed by atoms with van der Waals surface area (Å²) in [4.78, 5) is 19.3. The average Bonchev–Trinajstić information content (AvgIpc) is 3.10. The number of imidazole rings is 1. The third kappa shape index (κ3) is 4.08. The molecule has 0 aliphatic rings. The van der Waals surface area contributed by atoms with E-state index in [0.717, 1.165) is 16.6 Å². The number of benzene rings is 2. The number of rotatable bonds is 7. The molecule has 0 unspecified atom stereocenters. The lowest BCUT2D eigenvalue weighted by Gasteiger charge is -2.11. The zero-order valence-corrected chi connectivity index (χ0v) is 14.0. The fraction of sp³-hybridized carbons (Fsp3) is 0.222. The number of alkyl halides is 2. The molecule has 3 aromatic rings. The monoisotopic (exact) mass is 361 g/mol. The highest BCUT2D eigenvalue weighted by Crippen LogP contribution is 2.29. The molecule has 0 saturated heterocycles. The largest absolute Gasteiger partial charge is 0.493 e. The molecule has 1 heterocycles. The molecule has 0 atom stereocenters. The lowest BCUT2D eigenvalue weighted by molar-refractivity contribution is -0.0512. The van der Waals surface area contributed by atoms with E-state index in [0.29, 0.717) is 18.5 Å². The number of H-pyrrole nitrogens is 1. The first kappa shape index (κ1) is 17.7. The van der Waals surface area contributed by atoms with Crippen molar-refractivity contribution < 1.29 is 23.0 Å². The van der Waals surface area contributed by atoms with Crippen molar-refractivity contribution in [1.29, 1.82) is 0 Å². The summed E-state index contributed by atoms with van der Waals surface area (Å²) in [5.74, 6) is -0.00640. The minimum Gasteiger partial charge on any atom is -0.493 e. The van der Waals surface area contributed by atoms with Crippen LogP contribution in [-0.2, 0) is 6.42 Å². The molecule has 136 valence electrons. The van der Waals surface area contributed by atoms with Crippen LogP contribution in [0.2, 0.25) is 0 Å². The third-order valence-corrected chi connectivity index (χ3v) is 3.83. The van der Waals surface area contributed by atoms with Crippen LogP contribution in [0.25, 0.3) is 11.0 Å². The van der Waals surface area contributed by atoms with E-state index in [1.807, 2.05) is 0 Å². The summed E-state index contributed by atoms with van der Waals surface area (Å²) >= 11 is 0. The van der Waals surface area contributed by atoms with Crippen molar-refractivity contribution in [1.82, 2.24) is 15.3 Å². The Kier molecular flexibility index (Phi) is 5.31. The maximum atomic E-state index is 12.3. The van der Waals surface area contributed by atoms with Gasteiger partial charge in [-0.25, -0.2) is 4.98 Å². The molecule has 0 fully saturated rings. The van der Waals surface area contributed by atoms with Gasteiger partial charge < -0.3 is 19.8 Å². The number of nitrogens with zero attached hydrogens (tertiary/aromatic N) is 1. The molecule has 3 rings (SSSR count). The van der Waals surface area contributed by atoms with Crippen LogP contribution >= 0.6 is 0 Å². The van der Waals surface area contributed by atoms with Crippen LogP contribution in [0.3, 0.4) is 0 Å². The lowest BCUT2D eigenvalue weighted by atomic mass is 10.1. The third-order valence-electron chi connectivity index (χ3n) is 3.83. The van der Waals surface area contributed by atoms with Gasteiger partial charge in [-0.3, -0.25) is 4.79 Å². The van der Waals surface area contributed by atoms with Crippen LogP contribution in [-0.4, -0.2) is 36.1 Å². The highest BCUT2D eigenvalue weighted by molar-refractivity contribution is 5.97. The molecule has 0 spiro atoms. The number of amides is 1. The number of ether oxygens (including phenoxy) is 2. The molecule has 26 heavy (non-hydrogen) atoms. The van der Waals surface area contributed by atoms with Crippen LogP contribution in [0.1, 0.15) is 15.9 Å². The molecular weight excluding hydrogens is 344 g/mol. The van der Waals surface area contributed by atoms with E-state index in [1.165, 1.54) is 13.2 Å². The second-order valence-electron chi connectivity index (χ2n) is 5.50. The Morgan fingerprint density at radius 1 is 1.23 bits per heavy atom. The van der Waals surface area contributed by atoms with Crippen LogP contribution in [0, 0.1) is 0 Å². The van der Waals surface area contributed by atoms with E-state index in [2.05, 4.69) is 20.0 Å². The summed E-state index contributed by atoms with van der Waals surface area (Å²) in [6, 6.07) is 9.90. The second-order valence-corrected chi connectivity index (χ2v) is 5.50. The number of fused-ring (bicyclic) bond motifs is 1. The molecule has 2 N–H and O–H groups in total. The summed E-state index contributed by atoms with van der Waals surface area (Å²) < 4.78 is 34.1. The first-order chi connectivity index (χ1) is 12.6. The number of halogens is 2. The molecule has 6 nitrogen and oxygen atoms in total. The molecule has 0 aliphatic heterocycles. The van der Waals surface area contributed by atoms with Gasteiger partial charge in [0.05, 0.1) is 24.5 Å². The fourth-order valence-electron chi connectivity index (χ4n) is 2.56. The summed E-state index contributed by atoms with van der Waals surface area (Å²) in [5, 5.41) is 2.82. The van der Waals surface area contributed by atoms with Gasteiger partial charge in [0.1, 0.15) is 0 Å². The number of aromatic nitrogens is 2. The summed E-state index contributed by atoms with van der Waals surface area (Å²) in [7, 11) is 1.38. The minimum atomic E-state index is -2.92. The second kappa shape index (κ2) is 7.81. The van der Waals surface area contributed by atoms with Gasteiger partial charge in [0.15, 0.2) is 11.5 Å². The summed E-state index contributed by atoms with van der Waals surface area (Å²) in [6.45, 7) is -2.53. The van der Waals surface area contributed by atoms with Crippen LogP contribution in [0.5, 0.6) is 11.5 Å². The van der Waals surface area contributed by atoms with E-state index >= 15 is 0 Å². The van der Waals surface area contributed by atoms with Crippen molar-refractivity contribution in [2.45, 2.75) is 13.0 Å². The van der Waals surface area contributed by atoms with Crippen molar-refractivity contribution in [3.8, 4) is 11.5 Å². The smallest absolute Gasteiger partial charge is 0.387 e. The molecule has 1 amide bonds. The average molecular weight is 361 g/mol. The van der Waals surface area contributed by atoms with Gasteiger partial charge >= 0.3 is 6.61 Å². The van der Waals surface area contributed by atoms with Gasteiger partial charge in [-0.05, 0) is 42.3 Å². The van der Waals surface area contributed by atoms with Gasteiger partial charge in [-0.2, -0.15) is 8.78 Å². The Morgan fingerprint density at radius 2 is 2.08 bits per heavy atom. The minimum absolute atomic E-state index is 0.0249. The van der Waals surface area contributed by atoms with Crippen LogP contribution in [0.4, 0.5) is 8.78 Å². The number of carbonyl (C=O) groups is 1. The Labute approximate surface area is 148 Å². The van der Waals surface area contributed by atoms with Crippen molar-refractivity contribution in [3.63, 3.8) is 0 Å². The zero-order valence-electron chi connectivity index (χ0n) is 14.0. The maximum absolute atomic E-state index is 12.3. The Morgan fingerprint density at radius 3 is 2.85 bits per heavy atom. The van der Waals surface area contributed by atoms with Gasteiger partial charge in [0.25, 0.3) is 5.91 Å². The molecule has 0 saturated carbocycles. The maximum Gasteiger partial charge on any atom is 0.387 e. The zero-order chi connectivity index (χ0) is 18.5. The Bertz CT molecular complexity index is 912. The lowest BCUT2D eigenvalue weighted by Crippen LogP contribution is -2.25. The van der Waals surface area contributed by atoms with E-state index in [4.69, 9.17) is 4.74 Å². The Balaban J connectivity index is 1.59. The van der Waals surface area contributed by atoms with Gasteiger partial charge in [-0.15, -0.1) is 0 Å². The van der Waals surface area contributed by atoms with Crippen molar-refractivity contribution in [3.05, 3.63) is 53.9 Å². The predicted octanol–water partition coefficient (Wildman–Crippen LogP) is 3.15. The fourth-order valence-corrected chi connectivity index (χ4v) is 2.56. The molecule has 2 aromatic carbocycles. The Hall–Kier alpha value is -3.16. The van der Waals surface area contributed by atoms with E-state index in [-0.39, 0.29) is 17.4 Å². The van der Waals surface area contributed by atoms with Gasteiger partial charge in [-0.1, -0.05) is 6.07 Å². The number of nitrogens with one attached hydrogen (secondary N) is 2. The summed E-state index contributed by atoms with van der Waals surface area (Å²) in [6.07, 6.45) is 2.09. The van der Waals surface area contributed by atoms with E-state index < -0.39 is 6.61 Å². The number of hydrogen-bond donors (Lipinski definition) is 2. The van der Waals surface area contributed by atoms with Crippen LogP contribution < -0.4 is 14.8 Å². The normalized spacial score (nSPS) is 10.9. The first-order valence-corrected chi connectivity index (χ1v) is 7.90. The number of carbonyl (C=O) groups excluding carboxylic acids is 1. The molecular formula is C18H17F2N3O3. The van der Waals surface area contributed by atoms with Crippen LogP contribution in [0.15, 0.2) is 42.7 Å². The first-order valence-electron chi connectivity index (χ1n) is 7.90. The van der Waals surface area contributed by atoms with Crippen molar-refractivity contribution in [2.24, 2.45) is 0 Å². The van der Waals surface area contributed by atoms with Gasteiger partial charge in [0.2, 0.25) is 0 Å². The van der Waals surface area contributed by atoms with Gasteiger partial charge in [0, 0.05) is 12.1 Å². The highest BCUT2D eigenvalue weighted by atomic mass is 19.3. The topological polar surface area (TPSA) is 76.2 Å². The molecule has 0 radical (unpaired) electrons. The molecule has 8 heteroatoms. The van der Waals surface area contributed by atoms with E-state index in [1.54, 1.807) is 36.7 Å². The number of aromatic amines is 1. The molecule has 1 aromatic heterocycles. The number of methoxy groups -OCH3 is 1. The quantitative estimate of drug-likeness (QED) is 0.678. The number of hydrogen-bond acceptors (Lipinski definition) is 4. The SMILES string of the molecule is COc1cc(CCNC(=O)c2ccc3nc[nH]c3c2)ccc1OC(F)F. The van der Waals surface area contributed by atoms with Crippen molar-refractivity contribution in [2.75, 3.05) is 13.7 Å². The predicted molar refractivity (Wildman–Crippen MR) is 91.8 cm³/mol. The highest BCUT2D eigenvalue weighted by Gasteiger charge is 2.11. The standard InChI is InChI=1S/C18H17F2N3O3/c1-25-16-8-11(2-5-15(16)26-18(19)20)6-7-21-17(24)12-3-4-13-14(9-12)23-10-22-13/h2-5,8-10,18H,6-7H2,1H3,(H,21,24)(H,22,23).